The molecule has 0 aliphatic rings. The molecular formula is C31H27N3O3S. The van der Waals surface area contributed by atoms with Crippen LogP contribution in [0.4, 0.5) is 11.4 Å². The smallest absolute Gasteiger partial charge is 0.272 e. The second-order valence-corrected chi connectivity index (χ2v) is 9.59. The Bertz CT molecular complexity index is 1460. The highest BCUT2D eigenvalue weighted by Gasteiger charge is 2.15. The third kappa shape index (κ3) is 7.15. The van der Waals surface area contributed by atoms with Crippen molar-refractivity contribution in [3.8, 4) is 0 Å². The van der Waals surface area contributed by atoms with Crippen LogP contribution in [0.25, 0.3) is 12.2 Å². The van der Waals surface area contributed by atoms with Crippen molar-refractivity contribution in [2.75, 3.05) is 24.3 Å². The Morgan fingerprint density at radius 3 is 2.13 bits per heavy atom. The number of hydrogen-bond donors (Lipinski definition) is 2. The Kier molecular flexibility index (Phi) is 8.64. The van der Waals surface area contributed by atoms with Crippen molar-refractivity contribution >= 4 is 52.5 Å². The molecule has 0 unspecified atom stereocenters. The summed E-state index contributed by atoms with van der Waals surface area (Å²) >= 11 is 1.55. The van der Waals surface area contributed by atoms with Crippen LogP contribution in [0.1, 0.15) is 31.2 Å². The van der Waals surface area contributed by atoms with Crippen LogP contribution in [0.2, 0.25) is 0 Å². The summed E-state index contributed by atoms with van der Waals surface area (Å²) in [5.41, 5.74) is 3.30. The van der Waals surface area contributed by atoms with E-state index in [-0.39, 0.29) is 11.5 Å². The minimum Gasteiger partial charge on any atom is -0.378 e. The fraction of sp³-hybridized carbons (Fsp3) is 0.0645. The summed E-state index contributed by atoms with van der Waals surface area (Å²) < 4.78 is 0. The zero-order chi connectivity index (χ0) is 26.9. The van der Waals surface area contributed by atoms with Crippen molar-refractivity contribution in [3.63, 3.8) is 0 Å². The van der Waals surface area contributed by atoms with E-state index in [4.69, 9.17) is 0 Å². The van der Waals surface area contributed by atoms with Gasteiger partial charge in [-0.3, -0.25) is 14.4 Å². The number of allylic oxidation sites excluding steroid dienone is 1. The average molecular weight is 522 g/mol. The number of thiophene rings is 1. The molecule has 1 heterocycles. The van der Waals surface area contributed by atoms with Gasteiger partial charge in [-0.15, -0.1) is 11.3 Å². The van der Waals surface area contributed by atoms with Gasteiger partial charge < -0.3 is 15.5 Å². The summed E-state index contributed by atoms with van der Waals surface area (Å²) in [4.78, 5) is 41.5. The van der Waals surface area contributed by atoms with Crippen molar-refractivity contribution in [1.82, 2.24) is 5.32 Å². The summed E-state index contributed by atoms with van der Waals surface area (Å²) in [5, 5.41) is 7.50. The van der Waals surface area contributed by atoms with E-state index in [9.17, 15) is 14.4 Å². The van der Waals surface area contributed by atoms with Crippen molar-refractivity contribution < 1.29 is 14.4 Å². The molecule has 4 aromatic rings. The molecule has 38 heavy (non-hydrogen) atoms. The Hall–Kier alpha value is -4.75. The lowest BCUT2D eigenvalue weighted by Gasteiger charge is -2.13. The average Bonchev–Trinajstić information content (AvgIpc) is 3.46. The molecule has 0 spiro atoms. The van der Waals surface area contributed by atoms with E-state index in [1.54, 1.807) is 72.0 Å². The highest BCUT2D eigenvalue weighted by atomic mass is 32.1. The first-order valence-corrected chi connectivity index (χ1v) is 12.8. The van der Waals surface area contributed by atoms with Gasteiger partial charge in [0.25, 0.3) is 11.8 Å². The fourth-order valence-corrected chi connectivity index (χ4v) is 4.15. The Morgan fingerprint density at radius 1 is 0.789 bits per heavy atom. The molecule has 3 aromatic carbocycles. The molecule has 6 nitrogen and oxygen atoms in total. The zero-order valence-corrected chi connectivity index (χ0v) is 21.9. The monoisotopic (exact) mass is 521 g/mol. The molecule has 0 saturated carbocycles. The Balaban J connectivity index is 1.51. The lowest BCUT2D eigenvalue weighted by atomic mass is 10.1. The van der Waals surface area contributed by atoms with E-state index in [1.165, 1.54) is 6.08 Å². The molecule has 0 aliphatic carbocycles. The van der Waals surface area contributed by atoms with Crippen LogP contribution in [-0.2, 0) is 4.79 Å². The highest BCUT2D eigenvalue weighted by Crippen LogP contribution is 2.17. The predicted octanol–water partition coefficient (Wildman–Crippen LogP) is 6.12. The zero-order valence-electron chi connectivity index (χ0n) is 21.0. The maximum atomic E-state index is 13.2. The third-order valence-corrected chi connectivity index (χ3v) is 6.46. The van der Waals surface area contributed by atoms with Gasteiger partial charge in [0.05, 0.1) is 0 Å². The summed E-state index contributed by atoms with van der Waals surface area (Å²) in [6.07, 6.45) is 4.93. The SMILES string of the molecule is CN(C)c1ccc(/C=C(\NC(=O)c2ccccc2)C(=O)Nc2ccc(C(=O)/C=C/c3cccs3)cc2)cc1. The molecule has 4 rings (SSSR count). The molecule has 0 saturated heterocycles. The largest absolute Gasteiger partial charge is 0.378 e. The molecule has 190 valence electrons. The van der Waals surface area contributed by atoms with Gasteiger partial charge in [-0.25, -0.2) is 0 Å². The predicted molar refractivity (Wildman–Crippen MR) is 155 cm³/mol. The van der Waals surface area contributed by atoms with Crippen molar-refractivity contribution in [1.29, 1.82) is 0 Å². The number of anilines is 2. The van der Waals surface area contributed by atoms with Crippen LogP contribution in [-0.4, -0.2) is 31.7 Å². The fourth-order valence-electron chi connectivity index (χ4n) is 3.53. The molecule has 0 atom stereocenters. The van der Waals surface area contributed by atoms with Gasteiger partial charge in [-0.1, -0.05) is 36.4 Å². The van der Waals surface area contributed by atoms with Crippen LogP contribution in [0.3, 0.4) is 0 Å². The number of amides is 2. The molecular weight excluding hydrogens is 494 g/mol. The second-order valence-electron chi connectivity index (χ2n) is 8.61. The van der Waals surface area contributed by atoms with Crippen molar-refractivity contribution in [3.05, 3.63) is 130 Å². The van der Waals surface area contributed by atoms with E-state index in [2.05, 4.69) is 10.6 Å². The van der Waals surface area contributed by atoms with Gasteiger partial charge in [-0.2, -0.15) is 0 Å². The minimum absolute atomic E-state index is 0.0930. The molecule has 1 aromatic heterocycles. The first kappa shape index (κ1) is 26.3. The number of carbonyl (C=O) groups excluding carboxylic acids is 3. The molecule has 0 bridgehead atoms. The van der Waals surface area contributed by atoms with E-state index >= 15 is 0 Å². The van der Waals surface area contributed by atoms with Gasteiger partial charge in [-0.05, 0) is 83.8 Å². The lowest BCUT2D eigenvalue weighted by Crippen LogP contribution is -2.30. The molecule has 7 heteroatoms. The van der Waals surface area contributed by atoms with E-state index < -0.39 is 11.8 Å². The van der Waals surface area contributed by atoms with Crippen LogP contribution in [0, 0.1) is 0 Å². The van der Waals surface area contributed by atoms with Gasteiger partial charge >= 0.3 is 0 Å². The summed E-state index contributed by atoms with van der Waals surface area (Å²) in [7, 11) is 3.89. The molecule has 2 N–H and O–H groups in total. The lowest BCUT2D eigenvalue weighted by molar-refractivity contribution is -0.113. The summed E-state index contributed by atoms with van der Waals surface area (Å²) in [6.45, 7) is 0. The van der Waals surface area contributed by atoms with Crippen LogP contribution < -0.4 is 15.5 Å². The molecule has 0 fully saturated rings. The first-order chi connectivity index (χ1) is 18.4. The standard InChI is InChI=1S/C31H27N3O3S/c1-34(2)26-16-10-22(11-17-26)21-28(33-30(36)24-7-4-3-5-8-24)31(37)32-25-14-12-23(13-15-25)29(35)19-18-27-9-6-20-38-27/h3-21H,1-2H3,(H,32,37)(H,33,36)/b19-18+,28-21-. The Labute approximate surface area is 225 Å². The summed E-state index contributed by atoms with van der Waals surface area (Å²) in [5.74, 6) is -1.01. The van der Waals surface area contributed by atoms with E-state index in [0.717, 1.165) is 16.1 Å². The molecule has 0 radical (unpaired) electrons. The minimum atomic E-state index is -0.484. The maximum Gasteiger partial charge on any atom is 0.272 e. The van der Waals surface area contributed by atoms with Gasteiger partial charge in [0, 0.05) is 41.5 Å². The maximum absolute atomic E-state index is 13.2. The van der Waals surface area contributed by atoms with Gasteiger partial charge in [0.2, 0.25) is 0 Å². The van der Waals surface area contributed by atoms with Crippen molar-refractivity contribution in [2.24, 2.45) is 0 Å². The molecule has 2 amide bonds. The highest BCUT2D eigenvalue weighted by molar-refractivity contribution is 7.10. The number of rotatable bonds is 9. The third-order valence-electron chi connectivity index (χ3n) is 5.62. The van der Waals surface area contributed by atoms with Gasteiger partial charge in [0.15, 0.2) is 5.78 Å². The normalized spacial score (nSPS) is 11.3. The van der Waals surface area contributed by atoms with E-state index in [1.807, 2.05) is 66.8 Å². The van der Waals surface area contributed by atoms with E-state index in [0.29, 0.717) is 16.8 Å². The first-order valence-electron chi connectivity index (χ1n) is 11.9. The second kappa shape index (κ2) is 12.5. The number of hydrogen-bond acceptors (Lipinski definition) is 5. The van der Waals surface area contributed by atoms with Crippen LogP contribution >= 0.6 is 11.3 Å². The van der Waals surface area contributed by atoms with Crippen molar-refractivity contribution in [2.45, 2.75) is 0 Å². The number of carbonyl (C=O) groups is 3. The van der Waals surface area contributed by atoms with Crippen LogP contribution in [0.5, 0.6) is 0 Å². The topological polar surface area (TPSA) is 78.5 Å². The number of nitrogens with one attached hydrogen (secondary N) is 2. The molecule has 0 aliphatic heterocycles. The number of ketones is 1. The van der Waals surface area contributed by atoms with Gasteiger partial charge in [0.1, 0.15) is 5.70 Å². The number of nitrogens with zero attached hydrogens (tertiary/aromatic N) is 1. The summed E-state index contributed by atoms with van der Waals surface area (Å²) in [6, 6.07) is 26.8. The Morgan fingerprint density at radius 2 is 1.50 bits per heavy atom. The quantitative estimate of drug-likeness (QED) is 0.205. The van der Waals surface area contributed by atoms with Crippen LogP contribution in [0.15, 0.2) is 108 Å². The number of benzene rings is 3.